The van der Waals surface area contributed by atoms with Crippen LogP contribution in [-0.2, 0) is 16.1 Å². The van der Waals surface area contributed by atoms with Crippen molar-refractivity contribution >= 4 is 12.0 Å². The molecule has 1 aromatic rings. The third kappa shape index (κ3) is 5.83. The molecule has 0 radical (unpaired) electrons. The Morgan fingerprint density at radius 1 is 1.32 bits per heavy atom. The molecule has 0 spiro atoms. The first-order valence-electron chi connectivity index (χ1n) is 7.07. The van der Waals surface area contributed by atoms with E-state index in [0.29, 0.717) is 6.42 Å². The van der Waals surface area contributed by atoms with Crippen LogP contribution >= 0.6 is 0 Å². The van der Waals surface area contributed by atoms with E-state index in [4.69, 9.17) is 4.74 Å². The summed E-state index contributed by atoms with van der Waals surface area (Å²) in [6, 6.07) is 8.65. The summed E-state index contributed by atoms with van der Waals surface area (Å²) >= 11 is 0. The summed E-state index contributed by atoms with van der Waals surface area (Å²) in [4.78, 5) is 23.7. The van der Waals surface area contributed by atoms with Gasteiger partial charge >= 0.3 is 6.09 Å². The van der Waals surface area contributed by atoms with E-state index in [1.54, 1.807) is 6.08 Å². The number of hydrogen-bond donors (Lipinski definition) is 2. The Labute approximate surface area is 131 Å². The summed E-state index contributed by atoms with van der Waals surface area (Å²) in [6.45, 7) is 5.69. The molecule has 22 heavy (non-hydrogen) atoms. The lowest BCUT2D eigenvalue weighted by Crippen LogP contribution is -2.46. The zero-order chi connectivity index (χ0) is 16.4. The molecule has 0 bridgehead atoms. The van der Waals surface area contributed by atoms with E-state index < -0.39 is 12.1 Å². The highest BCUT2D eigenvalue weighted by atomic mass is 16.5. The molecule has 0 heterocycles. The fraction of sp³-hybridized carbons (Fsp3) is 0.294. The lowest BCUT2D eigenvalue weighted by atomic mass is 10.1. The van der Waals surface area contributed by atoms with Gasteiger partial charge in [0, 0.05) is 13.5 Å². The van der Waals surface area contributed by atoms with E-state index >= 15 is 0 Å². The topological polar surface area (TPSA) is 67.4 Å². The molecular weight excluding hydrogens is 280 g/mol. The van der Waals surface area contributed by atoms with Gasteiger partial charge in [0.2, 0.25) is 5.91 Å². The molecule has 0 aliphatic carbocycles. The monoisotopic (exact) mass is 302 g/mol. The smallest absolute Gasteiger partial charge is 0.408 e. The van der Waals surface area contributed by atoms with Crippen LogP contribution in [0.5, 0.6) is 0 Å². The number of rotatable bonds is 7. The van der Waals surface area contributed by atoms with Crippen molar-refractivity contribution in [2.75, 3.05) is 7.05 Å². The van der Waals surface area contributed by atoms with E-state index in [1.165, 1.54) is 7.05 Å². The maximum Gasteiger partial charge on any atom is 0.408 e. The SMILES string of the molecule is C=C/C(=C\C)C[C@H](NC(=O)OCc1ccccc1)C(=O)NC. The lowest BCUT2D eigenvalue weighted by molar-refractivity contribution is -0.122. The summed E-state index contributed by atoms with van der Waals surface area (Å²) in [5.74, 6) is -0.280. The van der Waals surface area contributed by atoms with E-state index in [1.807, 2.05) is 43.3 Å². The van der Waals surface area contributed by atoms with Crippen molar-refractivity contribution in [2.45, 2.75) is 26.0 Å². The molecule has 5 nitrogen and oxygen atoms in total. The van der Waals surface area contributed by atoms with E-state index in [9.17, 15) is 9.59 Å². The van der Waals surface area contributed by atoms with Gasteiger partial charge in [-0.25, -0.2) is 4.79 Å². The number of alkyl carbamates (subject to hydrolysis) is 1. The third-order valence-electron chi connectivity index (χ3n) is 3.14. The number of allylic oxidation sites excluding steroid dienone is 2. The number of amides is 2. The van der Waals surface area contributed by atoms with E-state index in [0.717, 1.165) is 11.1 Å². The van der Waals surface area contributed by atoms with Crippen LogP contribution < -0.4 is 10.6 Å². The zero-order valence-electron chi connectivity index (χ0n) is 13.0. The van der Waals surface area contributed by atoms with E-state index in [2.05, 4.69) is 17.2 Å². The molecule has 2 N–H and O–H groups in total. The van der Waals surface area contributed by atoms with Gasteiger partial charge in [0.15, 0.2) is 0 Å². The Kier molecular flexibility index (Phi) is 7.47. The van der Waals surface area contributed by atoms with Gasteiger partial charge in [-0.15, -0.1) is 0 Å². The minimum Gasteiger partial charge on any atom is -0.445 e. The van der Waals surface area contributed by atoms with Crippen LogP contribution in [0.1, 0.15) is 18.9 Å². The van der Waals surface area contributed by atoms with Gasteiger partial charge < -0.3 is 15.4 Å². The Bertz CT molecular complexity index is 538. The zero-order valence-corrected chi connectivity index (χ0v) is 13.0. The van der Waals surface area contributed by atoms with E-state index in [-0.39, 0.29) is 12.5 Å². The van der Waals surface area contributed by atoms with Crippen molar-refractivity contribution in [1.82, 2.24) is 10.6 Å². The number of nitrogens with one attached hydrogen (secondary N) is 2. The van der Waals surface area contributed by atoms with Gasteiger partial charge in [-0.05, 0) is 12.5 Å². The molecule has 118 valence electrons. The Hall–Kier alpha value is -2.56. The Morgan fingerprint density at radius 2 is 2.00 bits per heavy atom. The molecule has 1 aromatic carbocycles. The fourth-order valence-electron chi connectivity index (χ4n) is 1.85. The average Bonchev–Trinajstić information content (AvgIpc) is 2.56. The second kappa shape index (κ2) is 9.39. The molecular formula is C17H22N2O3. The molecule has 0 aliphatic rings. The second-order valence-corrected chi connectivity index (χ2v) is 4.64. The Balaban J connectivity index is 2.59. The van der Waals surface area contributed by atoms with Gasteiger partial charge in [-0.3, -0.25) is 4.79 Å². The standard InChI is InChI=1S/C17H22N2O3/c1-4-13(5-2)11-15(16(20)18-3)19-17(21)22-12-14-9-7-6-8-10-14/h4-10,15H,1,11-12H2,2-3H3,(H,18,20)(H,19,21)/b13-5+/t15-/m0/s1. The lowest BCUT2D eigenvalue weighted by Gasteiger charge is -2.17. The number of carbonyl (C=O) groups is 2. The molecule has 1 atom stereocenters. The van der Waals surface area contributed by atoms with Crippen LogP contribution in [0.25, 0.3) is 0 Å². The highest BCUT2D eigenvalue weighted by molar-refractivity contribution is 5.85. The molecule has 0 unspecified atom stereocenters. The van der Waals surface area contributed by atoms with Gasteiger partial charge in [0.25, 0.3) is 0 Å². The fourth-order valence-corrected chi connectivity index (χ4v) is 1.85. The number of benzene rings is 1. The van der Waals surface area contributed by atoms with Crippen LogP contribution in [0.2, 0.25) is 0 Å². The molecule has 1 rings (SSSR count). The van der Waals surface area contributed by atoms with Crippen LogP contribution in [0.15, 0.2) is 54.6 Å². The molecule has 0 aromatic heterocycles. The highest BCUT2D eigenvalue weighted by Crippen LogP contribution is 2.08. The summed E-state index contributed by atoms with van der Waals surface area (Å²) in [7, 11) is 1.52. The molecule has 0 aliphatic heterocycles. The first-order chi connectivity index (χ1) is 10.6. The molecule has 2 amide bonds. The molecule has 5 heteroatoms. The quantitative estimate of drug-likeness (QED) is 0.761. The predicted molar refractivity (Wildman–Crippen MR) is 86.2 cm³/mol. The molecule has 0 fully saturated rings. The van der Waals surface area contributed by atoms with Crippen molar-refractivity contribution < 1.29 is 14.3 Å². The number of likely N-dealkylation sites (N-methyl/N-ethyl adjacent to an activating group) is 1. The number of ether oxygens (including phenoxy) is 1. The van der Waals surface area contributed by atoms with Gasteiger partial charge in [-0.1, -0.05) is 54.6 Å². The van der Waals surface area contributed by atoms with Crippen LogP contribution in [0.3, 0.4) is 0 Å². The minimum atomic E-state index is -0.697. The second-order valence-electron chi connectivity index (χ2n) is 4.64. The predicted octanol–water partition coefficient (Wildman–Crippen LogP) is 2.55. The third-order valence-corrected chi connectivity index (χ3v) is 3.14. The van der Waals surface area contributed by atoms with Crippen molar-refractivity contribution in [3.8, 4) is 0 Å². The summed E-state index contributed by atoms with van der Waals surface area (Å²) in [5, 5.41) is 5.10. The number of hydrogen-bond acceptors (Lipinski definition) is 3. The maximum atomic E-state index is 11.8. The first kappa shape index (κ1) is 17.5. The summed E-state index contributed by atoms with van der Waals surface area (Å²) < 4.78 is 5.13. The first-order valence-corrected chi connectivity index (χ1v) is 7.07. The molecule has 0 saturated carbocycles. The van der Waals surface area contributed by atoms with Gasteiger partial charge in [0.1, 0.15) is 12.6 Å². The normalized spacial score (nSPS) is 12.2. The maximum absolute atomic E-state index is 11.8. The van der Waals surface area contributed by atoms with Crippen LogP contribution in [0.4, 0.5) is 4.79 Å². The minimum absolute atomic E-state index is 0.158. The van der Waals surface area contributed by atoms with Crippen molar-refractivity contribution in [3.05, 3.63) is 60.2 Å². The van der Waals surface area contributed by atoms with Gasteiger partial charge in [0.05, 0.1) is 0 Å². The van der Waals surface area contributed by atoms with Crippen LogP contribution in [-0.4, -0.2) is 25.1 Å². The van der Waals surface area contributed by atoms with Crippen molar-refractivity contribution in [2.24, 2.45) is 0 Å². The Morgan fingerprint density at radius 3 is 2.55 bits per heavy atom. The van der Waals surface area contributed by atoms with Crippen molar-refractivity contribution in [1.29, 1.82) is 0 Å². The highest BCUT2D eigenvalue weighted by Gasteiger charge is 2.21. The average molecular weight is 302 g/mol. The number of carbonyl (C=O) groups excluding carboxylic acids is 2. The largest absolute Gasteiger partial charge is 0.445 e. The molecule has 0 saturated heterocycles. The summed E-state index contributed by atoms with van der Waals surface area (Å²) in [6.07, 6.45) is 3.24. The summed E-state index contributed by atoms with van der Waals surface area (Å²) in [5.41, 5.74) is 1.76. The van der Waals surface area contributed by atoms with Gasteiger partial charge in [-0.2, -0.15) is 0 Å². The van der Waals surface area contributed by atoms with Crippen molar-refractivity contribution in [3.63, 3.8) is 0 Å². The van der Waals surface area contributed by atoms with Crippen LogP contribution in [0, 0.1) is 0 Å².